The lowest BCUT2D eigenvalue weighted by Gasteiger charge is -2.14. The number of amides is 1. The number of alkyl carbamates (subject to hydrolysis) is 1. The molecular weight excluding hydrogens is 340 g/mol. The number of halogens is 1. The Balaban J connectivity index is 2.09. The number of H-pyrrole nitrogens is 1. The Morgan fingerprint density at radius 1 is 1.38 bits per heavy atom. The molecule has 0 spiro atoms. The molecule has 0 saturated heterocycles. The number of ether oxygens (including phenoxy) is 1. The summed E-state index contributed by atoms with van der Waals surface area (Å²) in [6.07, 6.45) is 1.20. The van der Waals surface area contributed by atoms with Crippen LogP contribution in [0, 0.1) is 0 Å². The normalized spacial score (nSPS) is 12.0. The molecule has 21 heavy (non-hydrogen) atoms. The van der Waals surface area contributed by atoms with Gasteiger partial charge in [0.1, 0.15) is 12.6 Å². The number of carbonyl (C=O) groups excluding carboxylic acids is 1. The Bertz CT molecular complexity index is 641. The van der Waals surface area contributed by atoms with E-state index >= 15 is 0 Å². The fourth-order valence-corrected chi connectivity index (χ4v) is 2.20. The van der Waals surface area contributed by atoms with Crippen molar-refractivity contribution in [2.45, 2.75) is 12.5 Å². The first kappa shape index (κ1) is 15.4. The molecule has 6 nitrogen and oxygen atoms in total. The number of hydrogen-bond acceptors (Lipinski definition) is 3. The molecule has 1 aromatic heterocycles. The zero-order valence-corrected chi connectivity index (χ0v) is 12.7. The molecule has 0 aliphatic carbocycles. The van der Waals surface area contributed by atoms with Crippen molar-refractivity contribution < 1.29 is 19.4 Å². The number of aromatic nitrogens is 1. The van der Waals surface area contributed by atoms with Crippen molar-refractivity contribution in [1.82, 2.24) is 10.3 Å². The molecule has 1 heterocycles. The zero-order chi connectivity index (χ0) is 15.2. The maximum Gasteiger partial charge on any atom is 0.407 e. The van der Waals surface area contributed by atoms with Gasteiger partial charge in [0.05, 0.1) is 0 Å². The van der Waals surface area contributed by atoms with Crippen LogP contribution in [0.1, 0.15) is 5.56 Å². The lowest BCUT2D eigenvalue weighted by molar-refractivity contribution is -0.139. The van der Waals surface area contributed by atoms with Crippen LogP contribution in [0.2, 0.25) is 0 Å². The van der Waals surface area contributed by atoms with Gasteiger partial charge >= 0.3 is 12.1 Å². The van der Waals surface area contributed by atoms with Crippen LogP contribution in [0.25, 0.3) is 10.9 Å². The number of alkyl halides is 1. The Kier molecular flexibility index (Phi) is 5.21. The van der Waals surface area contributed by atoms with Crippen molar-refractivity contribution in [2.75, 3.05) is 11.9 Å². The minimum atomic E-state index is -1.10. The maximum atomic E-state index is 11.5. The van der Waals surface area contributed by atoms with Crippen molar-refractivity contribution in [2.24, 2.45) is 0 Å². The SMILES string of the molecule is O=C(N[C@@H](Cc1c[nH]c2ccccc12)C(=O)O)OCCBr. The lowest BCUT2D eigenvalue weighted by atomic mass is 10.1. The van der Waals surface area contributed by atoms with Crippen molar-refractivity contribution in [3.63, 3.8) is 0 Å². The summed E-state index contributed by atoms with van der Waals surface area (Å²) in [5.41, 5.74) is 1.76. The molecule has 7 heteroatoms. The fraction of sp³-hybridized carbons (Fsp3) is 0.286. The van der Waals surface area contributed by atoms with Crippen LogP contribution >= 0.6 is 15.9 Å². The quantitative estimate of drug-likeness (QED) is 0.694. The first-order valence-electron chi connectivity index (χ1n) is 6.39. The number of nitrogens with one attached hydrogen (secondary N) is 2. The van der Waals surface area contributed by atoms with E-state index < -0.39 is 18.1 Å². The number of aromatic amines is 1. The molecule has 112 valence electrons. The van der Waals surface area contributed by atoms with E-state index in [0.717, 1.165) is 16.5 Å². The van der Waals surface area contributed by atoms with E-state index in [2.05, 4.69) is 26.2 Å². The van der Waals surface area contributed by atoms with E-state index in [0.29, 0.717) is 5.33 Å². The number of carboxylic acid groups (broad SMARTS) is 1. The van der Waals surface area contributed by atoms with Crippen LogP contribution in [0.5, 0.6) is 0 Å². The van der Waals surface area contributed by atoms with Crippen LogP contribution < -0.4 is 5.32 Å². The summed E-state index contributed by atoms with van der Waals surface area (Å²) in [5.74, 6) is -1.10. The summed E-state index contributed by atoms with van der Waals surface area (Å²) in [4.78, 5) is 25.8. The van der Waals surface area contributed by atoms with Gasteiger partial charge in [0.2, 0.25) is 0 Å². The second-order valence-electron chi connectivity index (χ2n) is 4.42. The topological polar surface area (TPSA) is 91.4 Å². The summed E-state index contributed by atoms with van der Waals surface area (Å²) in [7, 11) is 0. The van der Waals surface area contributed by atoms with Crippen molar-refractivity contribution in [3.8, 4) is 0 Å². The van der Waals surface area contributed by atoms with Gasteiger partial charge < -0.3 is 20.1 Å². The number of hydrogen-bond donors (Lipinski definition) is 3. The zero-order valence-electron chi connectivity index (χ0n) is 11.1. The molecule has 0 aliphatic heterocycles. The van der Waals surface area contributed by atoms with E-state index in [1.54, 1.807) is 6.20 Å². The molecular formula is C14H15BrN2O4. The highest BCUT2D eigenvalue weighted by Crippen LogP contribution is 2.19. The second kappa shape index (κ2) is 7.12. The van der Waals surface area contributed by atoms with Gasteiger partial charge in [0.25, 0.3) is 0 Å². The third-order valence-electron chi connectivity index (χ3n) is 3.00. The number of rotatable bonds is 6. The molecule has 1 aromatic carbocycles. The molecule has 3 N–H and O–H groups in total. The van der Waals surface area contributed by atoms with E-state index in [-0.39, 0.29) is 13.0 Å². The smallest absolute Gasteiger partial charge is 0.407 e. The number of aliphatic carboxylic acids is 1. The summed E-state index contributed by atoms with van der Waals surface area (Å²) in [5, 5.41) is 13.0. The predicted molar refractivity (Wildman–Crippen MR) is 81.7 cm³/mol. The minimum absolute atomic E-state index is 0.183. The lowest BCUT2D eigenvalue weighted by Crippen LogP contribution is -2.42. The van der Waals surface area contributed by atoms with E-state index in [1.807, 2.05) is 24.3 Å². The van der Waals surface area contributed by atoms with Crippen LogP contribution in [0.15, 0.2) is 30.5 Å². The van der Waals surface area contributed by atoms with Crippen molar-refractivity contribution >= 4 is 38.9 Å². The number of fused-ring (bicyclic) bond motifs is 1. The molecule has 0 bridgehead atoms. The Morgan fingerprint density at radius 2 is 2.14 bits per heavy atom. The maximum absolute atomic E-state index is 11.5. The highest BCUT2D eigenvalue weighted by molar-refractivity contribution is 9.09. The predicted octanol–water partition coefficient (Wildman–Crippen LogP) is 2.28. The number of carboxylic acids is 1. The molecule has 0 unspecified atom stereocenters. The van der Waals surface area contributed by atoms with E-state index in [4.69, 9.17) is 4.74 Å². The van der Waals surface area contributed by atoms with Gasteiger partial charge in [-0.1, -0.05) is 34.1 Å². The average molecular weight is 355 g/mol. The summed E-state index contributed by atoms with van der Waals surface area (Å²) < 4.78 is 4.81. The standard InChI is InChI=1S/C14H15BrN2O4/c15-5-6-21-14(20)17-12(13(18)19)7-9-8-16-11-4-2-1-3-10(9)11/h1-4,8,12,16H,5-7H2,(H,17,20)(H,18,19)/t12-/m0/s1. The third-order valence-corrected chi connectivity index (χ3v) is 3.32. The van der Waals surface area contributed by atoms with Crippen molar-refractivity contribution in [3.05, 3.63) is 36.0 Å². The van der Waals surface area contributed by atoms with Gasteiger partial charge in [-0.15, -0.1) is 0 Å². The number of benzene rings is 1. The van der Waals surface area contributed by atoms with Crippen LogP contribution in [0.3, 0.4) is 0 Å². The summed E-state index contributed by atoms with van der Waals surface area (Å²) in [6.45, 7) is 0.186. The number of para-hydroxylation sites is 1. The molecule has 0 aliphatic rings. The molecule has 1 amide bonds. The first-order valence-corrected chi connectivity index (χ1v) is 7.51. The second-order valence-corrected chi connectivity index (χ2v) is 5.22. The largest absolute Gasteiger partial charge is 0.480 e. The highest BCUT2D eigenvalue weighted by atomic mass is 79.9. The summed E-state index contributed by atoms with van der Waals surface area (Å²) in [6, 6.07) is 6.56. The van der Waals surface area contributed by atoms with Gasteiger partial charge in [0.15, 0.2) is 0 Å². The van der Waals surface area contributed by atoms with Gasteiger partial charge in [-0.05, 0) is 11.6 Å². The van der Waals surface area contributed by atoms with Crippen molar-refractivity contribution in [1.29, 1.82) is 0 Å². The Morgan fingerprint density at radius 3 is 2.86 bits per heavy atom. The monoisotopic (exact) mass is 354 g/mol. The van der Waals surface area contributed by atoms with E-state index in [1.165, 1.54) is 0 Å². The minimum Gasteiger partial charge on any atom is -0.480 e. The molecule has 2 rings (SSSR count). The Labute approximate surface area is 129 Å². The molecule has 0 radical (unpaired) electrons. The highest BCUT2D eigenvalue weighted by Gasteiger charge is 2.22. The molecule has 2 aromatic rings. The van der Waals surface area contributed by atoms with E-state index in [9.17, 15) is 14.7 Å². The third kappa shape index (κ3) is 3.98. The van der Waals surface area contributed by atoms with Crippen LogP contribution in [-0.2, 0) is 16.0 Å². The van der Waals surface area contributed by atoms with Gasteiger partial charge in [-0.2, -0.15) is 0 Å². The van der Waals surface area contributed by atoms with Crippen LogP contribution in [0.4, 0.5) is 4.79 Å². The fourth-order valence-electron chi connectivity index (χ4n) is 2.04. The molecule has 0 fully saturated rings. The van der Waals surface area contributed by atoms with Gasteiger partial charge in [0, 0.05) is 28.9 Å². The van der Waals surface area contributed by atoms with Crippen LogP contribution in [-0.4, -0.2) is 40.1 Å². The average Bonchev–Trinajstić information content (AvgIpc) is 2.87. The first-order chi connectivity index (χ1) is 10.1. The molecule has 0 saturated carbocycles. The van der Waals surface area contributed by atoms with Gasteiger partial charge in [-0.3, -0.25) is 0 Å². The molecule has 1 atom stereocenters. The summed E-state index contributed by atoms with van der Waals surface area (Å²) >= 11 is 3.12. The van der Waals surface area contributed by atoms with Gasteiger partial charge in [-0.25, -0.2) is 9.59 Å². The number of carbonyl (C=O) groups is 2. The Hall–Kier alpha value is -2.02.